The van der Waals surface area contributed by atoms with Crippen molar-refractivity contribution in [3.63, 3.8) is 0 Å². The molecule has 0 spiro atoms. The number of aryl methyl sites for hydroxylation is 1. The van der Waals surface area contributed by atoms with Crippen LogP contribution in [0.15, 0.2) is 17.7 Å². The number of nitrogens with one attached hydrogen (secondary N) is 1. The number of carbonyl (C=O) groups excluding carboxylic acids is 2. The summed E-state index contributed by atoms with van der Waals surface area (Å²) in [6, 6.07) is 1.80. The van der Waals surface area contributed by atoms with Gasteiger partial charge in [0, 0.05) is 17.4 Å². The molecule has 1 amide bonds. The maximum atomic E-state index is 12.6. The number of ether oxygens (including phenoxy) is 2. The Hall–Kier alpha value is -2.50. The third-order valence-electron chi connectivity index (χ3n) is 5.69. The molecule has 1 aliphatic carbocycles. The van der Waals surface area contributed by atoms with E-state index in [0.29, 0.717) is 16.9 Å². The van der Waals surface area contributed by atoms with Gasteiger partial charge in [0.2, 0.25) is 0 Å². The second-order valence-electron chi connectivity index (χ2n) is 7.98. The molecule has 0 saturated carbocycles. The van der Waals surface area contributed by atoms with Crippen LogP contribution < -0.4 is 10.1 Å². The van der Waals surface area contributed by atoms with Gasteiger partial charge in [-0.05, 0) is 52.2 Å². The highest BCUT2D eigenvalue weighted by molar-refractivity contribution is 6.00. The molecule has 27 heavy (non-hydrogen) atoms. The number of aromatic hydroxyl groups is 1. The summed E-state index contributed by atoms with van der Waals surface area (Å²) in [4.78, 5) is 23.9. The molecule has 1 aromatic rings. The van der Waals surface area contributed by atoms with Gasteiger partial charge in [0.15, 0.2) is 0 Å². The van der Waals surface area contributed by atoms with Crippen molar-refractivity contribution in [3.05, 3.63) is 34.4 Å². The largest absolute Gasteiger partial charge is 0.507 e. The van der Waals surface area contributed by atoms with Crippen molar-refractivity contribution in [2.75, 3.05) is 13.7 Å². The van der Waals surface area contributed by atoms with Gasteiger partial charge in [-0.3, -0.25) is 9.59 Å². The van der Waals surface area contributed by atoms with Crippen LogP contribution in [0.3, 0.4) is 0 Å². The van der Waals surface area contributed by atoms with Gasteiger partial charge in [-0.15, -0.1) is 0 Å². The van der Waals surface area contributed by atoms with Crippen molar-refractivity contribution in [2.45, 2.75) is 52.1 Å². The molecule has 146 valence electrons. The van der Waals surface area contributed by atoms with Gasteiger partial charge in [-0.25, -0.2) is 0 Å². The molecule has 1 aromatic carbocycles. The van der Waals surface area contributed by atoms with Crippen LogP contribution in [0.5, 0.6) is 11.5 Å². The Balaban J connectivity index is 2.07. The molecular formula is C21H27NO5. The Morgan fingerprint density at radius 2 is 2.07 bits per heavy atom. The average Bonchev–Trinajstić information content (AvgIpc) is 2.58. The predicted octanol–water partition coefficient (Wildman–Crippen LogP) is 3.21. The first kappa shape index (κ1) is 19.3. The second kappa shape index (κ2) is 6.91. The number of allylic oxidation sites excluding steroid dienone is 2. The fraction of sp³-hybridized carbons (Fsp3) is 0.524. The number of hydrogen-bond acceptors (Lipinski definition) is 5. The molecule has 0 saturated heterocycles. The Morgan fingerprint density at radius 1 is 1.37 bits per heavy atom. The summed E-state index contributed by atoms with van der Waals surface area (Å²) >= 11 is 0. The maximum absolute atomic E-state index is 12.6. The SMILES string of the molecule is COC(=O)CNC(=O)c1c(C)cc2c(c1O)C1C=C(C)CCC1C(C)(C)O2. The number of esters is 1. The van der Waals surface area contributed by atoms with E-state index in [-0.39, 0.29) is 35.3 Å². The van der Waals surface area contributed by atoms with Crippen LogP contribution in [-0.4, -0.2) is 36.2 Å². The molecule has 3 rings (SSSR count). The van der Waals surface area contributed by atoms with Gasteiger partial charge in [0.1, 0.15) is 23.6 Å². The van der Waals surface area contributed by atoms with Crippen LogP contribution in [-0.2, 0) is 9.53 Å². The third kappa shape index (κ3) is 3.40. The van der Waals surface area contributed by atoms with Crippen molar-refractivity contribution >= 4 is 11.9 Å². The smallest absolute Gasteiger partial charge is 0.325 e. The molecule has 2 aliphatic rings. The fourth-order valence-corrected chi connectivity index (χ4v) is 4.28. The zero-order valence-electron chi connectivity index (χ0n) is 16.5. The molecule has 0 radical (unpaired) electrons. The summed E-state index contributed by atoms with van der Waals surface area (Å²) in [5.74, 6) is -0.292. The first-order chi connectivity index (χ1) is 12.7. The number of benzene rings is 1. The number of phenols is 1. The van der Waals surface area contributed by atoms with E-state index in [2.05, 4.69) is 36.9 Å². The third-order valence-corrected chi connectivity index (χ3v) is 5.69. The van der Waals surface area contributed by atoms with Gasteiger partial charge < -0.3 is 19.9 Å². The highest BCUT2D eigenvalue weighted by atomic mass is 16.5. The highest BCUT2D eigenvalue weighted by Crippen LogP contribution is 2.54. The molecule has 0 aromatic heterocycles. The summed E-state index contributed by atoms with van der Waals surface area (Å²) in [5, 5.41) is 13.5. The number of hydrogen-bond donors (Lipinski definition) is 2. The molecule has 2 N–H and O–H groups in total. The number of methoxy groups -OCH3 is 1. The fourth-order valence-electron chi connectivity index (χ4n) is 4.28. The van der Waals surface area contributed by atoms with Crippen LogP contribution in [0, 0.1) is 12.8 Å². The lowest BCUT2D eigenvalue weighted by Gasteiger charge is -2.46. The van der Waals surface area contributed by atoms with Crippen LogP contribution in [0.2, 0.25) is 0 Å². The first-order valence-electron chi connectivity index (χ1n) is 9.23. The Morgan fingerprint density at radius 3 is 2.74 bits per heavy atom. The minimum absolute atomic E-state index is 0.00902. The van der Waals surface area contributed by atoms with E-state index in [1.54, 1.807) is 13.0 Å². The normalized spacial score (nSPS) is 22.6. The van der Waals surface area contributed by atoms with Crippen molar-refractivity contribution in [3.8, 4) is 11.5 Å². The van der Waals surface area contributed by atoms with Crippen molar-refractivity contribution < 1.29 is 24.2 Å². The first-order valence-corrected chi connectivity index (χ1v) is 9.23. The van der Waals surface area contributed by atoms with Gasteiger partial charge in [0.05, 0.1) is 12.7 Å². The molecule has 2 atom stereocenters. The minimum atomic E-state index is -0.547. The maximum Gasteiger partial charge on any atom is 0.325 e. The summed E-state index contributed by atoms with van der Waals surface area (Å²) in [5.41, 5.74) is 2.35. The summed E-state index contributed by atoms with van der Waals surface area (Å²) < 4.78 is 10.8. The van der Waals surface area contributed by atoms with Gasteiger partial charge in [-0.1, -0.05) is 11.6 Å². The highest BCUT2D eigenvalue weighted by Gasteiger charge is 2.46. The van der Waals surface area contributed by atoms with E-state index in [4.69, 9.17) is 4.74 Å². The van der Waals surface area contributed by atoms with E-state index >= 15 is 0 Å². The topological polar surface area (TPSA) is 84.9 Å². The summed E-state index contributed by atoms with van der Waals surface area (Å²) in [6.07, 6.45) is 4.15. The van der Waals surface area contributed by atoms with E-state index in [1.807, 2.05) is 0 Å². The Kier molecular flexibility index (Phi) is 4.93. The molecule has 2 unspecified atom stereocenters. The van der Waals surface area contributed by atoms with E-state index < -0.39 is 11.9 Å². The molecule has 1 heterocycles. The number of rotatable bonds is 3. The standard InChI is InChI=1S/C21H27NO5/c1-11-6-7-14-13(8-11)18-15(27-21(14,3)4)9-12(2)17(19(18)24)20(25)22-10-16(23)26-5/h8-9,13-14,24H,6-7,10H2,1-5H3,(H,22,25). The molecular weight excluding hydrogens is 346 g/mol. The lowest BCUT2D eigenvalue weighted by atomic mass is 9.67. The van der Waals surface area contributed by atoms with Crippen molar-refractivity contribution in [2.24, 2.45) is 5.92 Å². The average molecular weight is 373 g/mol. The van der Waals surface area contributed by atoms with Gasteiger partial charge >= 0.3 is 5.97 Å². The number of carbonyl (C=O) groups is 2. The van der Waals surface area contributed by atoms with Crippen LogP contribution >= 0.6 is 0 Å². The molecule has 6 heteroatoms. The lowest BCUT2D eigenvalue weighted by Crippen LogP contribution is -2.45. The Bertz CT molecular complexity index is 824. The number of fused-ring (bicyclic) bond motifs is 3. The van der Waals surface area contributed by atoms with Gasteiger partial charge in [-0.2, -0.15) is 0 Å². The molecule has 0 fully saturated rings. The molecule has 6 nitrogen and oxygen atoms in total. The number of amides is 1. The zero-order valence-corrected chi connectivity index (χ0v) is 16.5. The van der Waals surface area contributed by atoms with Crippen LogP contribution in [0.1, 0.15) is 61.0 Å². The van der Waals surface area contributed by atoms with Crippen molar-refractivity contribution in [1.29, 1.82) is 0 Å². The molecule has 1 aliphatic heterocycles. The van der Waals surface area contributed by atoms with E-state index in [0.717, 1.165) is 12.8 Å². The zero-order chi connectivity index (χ0) is 19.9. The Labute approximate surface area is 159 Å². The quantitative estimate of drug-likeness (QED) is 0.628. The monoisotopic (exact) mass is 373 g/mol. The molecule has 0 bridgehead atoms. The summed E-state index contributed by atoms with van der Waals surface area (Å²) in [6.45, 7) is 7.74. The number of phenolic OH excluding ortho intramolecular Hbond substituents is 1. The van der Waals surface area contributed by atoms with Crippen LogP contribution in [0.4, 0.5) is 0 Å². The second-order valence-corrected chi connectivity index (χ2v) is 7.98. The summed E-state index contributed by atoms with van der Waals surface area (Å²) in [7, 11) is 1.26. The van der Waals surface area contributed by atoms with Gasteiger partial charge in [0.25, 0.3) is 5.91 Å². The minimum Gasteiger partial charge on any atom is -0.507 e. The van der Waals surface area contributed by atoms with Crippen molar-refractivity contribution in [1.82, 2.24) is 5.32 Å². The van der Waals surface area contributed by atoms with Crippen LogP contribution in [0.25, 0.3) is 0 Å². The predicted molar refractivity (Wildman–Crippen MR) is 101 cm³/mol. The van der Waals surface area contributed by atoms with E-state index in [1.165, 1.54) is 12.7 Å². The lowest BCUT2D eigenvalue weighted by molar-refractivity contribution is -0.139. The van der Waals surface area contributed by atoms with E-state index in [9.17, 15) is 14.7 Å².